The summed E-state index contributed by atoms with van der Waals surface area (Å²) in [4.78, 5) is 0. The van der Waals surface area contributed by atoms with Crippen LogP contribution >= 0.6 is 139 Å². The minimum atomic E-state index is 0.465. The Morgan fingerprint density at radius 1 is 0.135 bits per heavy atom. The van der Waals surface area contributed by atoms with Gasteiger partial charge in [-0.2, -0.15) is 0 Å². The summed E-state index contributed by atoms with van der Waals surface area (Å²) in [5.41, 5.74) is 12.7. The molecule has 12 heteroatoms. The van der Waals surface area contributed by atoms with Gasteiger partial charge in [-0.25, -0.2) is 0 Å². The Bertz CT molecular complexity index is 4930. The van der Waals surface area contributed by atoms with Crippen molar-refractivity contribution < 1.29 is 0 Å². The van der Waals surface area contributed by atoms with Gasteiger partial charge in [-0.1, -0.05) is 309 Å². The van der Waals surface area contributed by atoms with E-state index in [0.29, 0.717) is 125 Å². The molecule has 13 aromatic carbocycles. The van der Waals surface area contributed by atoms with Crippen LogP contribution in [-0.4, -0.2) is 0 Å². The Balaban J connectivity index is 1.49. The monoisotopic (exact) mass is 1570 g/mol. The molecule has 0 bridgehead atoms. The van der Waals surface area contributed by atoms with Crippen LogP contribution in [0.5, 0.6) is 0 Å². The normalized spacial score (nSPS) is 10.6. The van der Waals surface area contributed by atoms with Gasteiger partial charge < -0.3 is 0 Å². The van der Waals surface area contributed by atoms with Crippen molar-refractivity contribution in [2.75, 3.05) is 0 Å². The van der Waals surface area contributed by atoms with Crippen LogP contribution in [0.15, 0.2) is 291 Å². The van der Waals surface area contributed by atoms with Crippen LogP contribution in [0.2, 0.25) is 60.3 Å². The highest BCUT2D eigenvalue weighted by molar-refractivity contribution is 6.34. The molecule has 0 aromatic heterocycles. The summed E-state index contributed by atoms with van der Waals surface area (Å²) in [6.07, 6.45) is 0. The highest BCUT2D eigenvalue weighted by Crippen LogP contribution is 2.32. The van der Waals surface area contributed by atoms with Crippen molar-refractivity contribution in [2.45, 2.75) is 0 Å². The number of hydrogen-bond donors (Lipinski definition) is 0. The van der Waals surface area contributed by atoms with Gasteiger partial charge in [0.25, 0.3) is 0 Å². The van der Waals surface area contributed by atoms with E-state index in [1.807, 2.05) is 291 Å². The topological polar surface area (TPSA) is 0 Å². The number of hydrogen-bond acceptors (Lipinski definition) is 0. The molecule has 13 rings (SSSR count). The summed E-state index contributed by atoms with van der Waals surface area (Å²) in [6, 6.07) is 121. The number of benzene rings is 12. The van der Waals surface area contributed by atoms with Crippen molar-refractivity contribution in [3.05, 3.63) is 498 Å². The Kier molecular flexibility index (Phi) is 23.7. The van der Waals surface area contributed by atoms with E-state index in [1.165, 1.54) is 0 Å². The summed E-state index contributed by atoms with van der Waals surface area (Å²) < 4.78 is 0. The molecule has 0 amide bonds. The smallest absolute Gasteiger partial charge is 0.0431 e. The van der Waals surface area contributed by atoms with Crippen molar-refractivity contribution in [2.24, 2.45) is 0 Å². The fourth-order valence-corrected chi connectivity index (χ4v) is 13.8. The van der Waals surface area contributed by atoms with Crippen LogP contribution < -0.4 is 31.3 Å². The van der Waals surface area contributed by atoms with E-state index in [4.69, 9.17) is 139 Å². The number of rotatable bonds is 12. The second-order valence-electron chi connectivity index (χ2n) is 23.6. The summed E-state index contributed by atoms with van der Waals surface area (Å²) in [5, 5.41) is 9.04. The van der Waals surface area contributed by atoms with Crippen molar-refractivity contribution in [1.29, 1.82) is 0 Å². The first-order valence-electron chi connectivity index (χ1n) is 32.1. The molecule has 104 heavy (non-hydrogen) atoms. The molecule has 0 atom stereocenters. The maximum atomic E-state index is 6.90. The summed E-state index contributed by atoms with van der Waals surface area (Å²) in [7, 11) is 0. The summed E-state index contributed by atoms with van der Waals surface area (Å²) in [5.74, 6) is 0. The molecule has 0 nitrogen and oxygen atoms in total. The molecular formula is C92H48Cl12. The molecule has 0 radical (unpaired) electrons. The van der Waals surface area contributed by atoms with Crippen LogP contribution in [0.4, 0.5) is 0 Å². The van der Waals surface area contributed by atoms with Crippen molar-refractivity contribution >= 4 is 173 Å². The van der Waals surface area contributed by atoms with E-state index in [-0.39, 0.29) is 0 Å². The summed E-state index contributed by atoms with van der Waals surface area (Å²) in [6.45, 7) is 0. The molecule has 0 aliphatic rings. The molecule has 0 saturated carbocycles. The molecule has 0 unspecified atom stereocenters. The lowest BCUT2D eigenvalue weighted by Crippen LogP contribution is -2.42. The van der Waals surface area contributed by atoms with Crippen LogP contribution in [-0.2, 0) is 0 Å². The highest BCUT2D eigenvalue weighted by atomic mass is 35.5. The SMILES string of the molecule is Clc1ccc(C(c2ccc(Cl)cc2)=c2c#cc#cc(=C(c3ccc(Cl)cc3)c3ccc(Cl)cc3)c(=C(c3ccc(Cl)cc3)c3ccc(Cl)cc3)c(=C(c3ccc(Cl)cc3)c3ccc(Cl)cc3)c#cc#cc(=C(c3ccc(Cl)cc3)c3ccc(Cl)cc3)c2=C(c2ccc(Cl)cc2)c2ccc(Cl)cc2)cc1. The molecule has 500 valence electrons. The Labute approximate surface area is 664 Å². The van der Waals surface area contributed by atoms with Gasteiger partial charge in [-0.05, 0) is 248 Å². The lowest BCUT2D eigenvalue weighted by Gasteiger charge is -2.15. The average molecular weight is 1580 g/mol. The fourth-order valence-electron chi connectivity index (χ4n) is 12.3. The minimum absolute atomic E-state index is 0.465. The van der Waals surface area contributed by atoms with Gasteiger partial charge in [0.2, 0.25) is 0 Å². The minimum Gasteiger partial charge on any atom is -0.0843 e. The van der Waals surface area contributed by atoms with Gasteiger partial charge >= 0.3 is 0 Å². The van der Waals surface area contributed by atoms with Gasteiger partial charge in [0.1, 0.15) is 0 Å². The summed E-state index contributed by atoms with van der Waals surface area (Å²) >= 11 is 82.6. The van der Waals surface area contributed by atoms with E-state index in [0.717, 1.165) is 66.8 Å². The Hall–Kier alpha value is -9.20. The maximum absolute atomic E-state index is 6.90. The molecule has 0 spiro atoms. The largest absolute Gasteiger partial charge is 0.0843 e. The van der Waals surface area contributed by atoms with Crippen molar-refractivity contribution in [1.82, 2.24) is 0 Å². The van der Waals surface area contributed by atoms with Crippen molar-refractivity contribution in [3.63, 3.8) is 0 Å². The van der Waals surface area contributed by atoms with Crippen molar-refractivity contribution in [3.8, 4) is 0 Å². The quantitative estimate of drug-likeness (QED) is 0.114. The third-order valence-electron chi connectivity index (χ3n) is 17.0. The van der Waals surface area contributed by atoms with E-state index in [9.17, 15) is 0 Å². The van der Waals surface area contributed by atoms with E-state index in [1.54, 1.807) is 0 Å². The van der Waals surface area contributed by atoms with Crippen LogP contribution in [0.3, 0.4) is 0 Å². The molecular weight excluding hydrogens is 1530 g/mol. The van der Waals surface area contributed by atoms with Crippen LogP contribution in [0.25, 0.3) is 33.4 Å². The zero-order valence-electron chi connectivity index (χ0n) is 54.2. The van der Waals surface area contributed by atoms with E-state index < -0.39 is 0 Å². The predicted molar refractivity (Wildman–Crippen MR) is 437 cm³/mol. The molecule has 0 aliphatic heterocycles. The Morgan fingerprint density at radius 3 is 0.337 bits per heavy atom. The molecule has 0 saturated heterocycles. The molecule has 13 aromatic rings. The van der Waals surface area contributed by atoms with Crippen LogP contribution in [0, 0.1) is 48.5 Å². The Morgan fingerprint density at radius 2 is 0.231 bits per heavy atom. The van der Waals surface area contributed by atoms with Gasteiger partial charge in [0.05, 0.1) is 0 Å². The van der Waals surface area contributed by atoms with Gasteiger partial charge in [0.15, 0.2) is 0 Å². The third-order valence-corrected chi connectivity index (χ3v) is 20.0. The molecule has 0 aliphatic carbocycles. The van der Waals surface area contributed by atoms with Crippen LogP contribution in [0.1, 0.15) is 66.8 Å². The molecule has 0 fully saturated rings. The second kappa shape index (κ2) is 33.7. The van der Waals surface area contributed by atoms with Gasteiger partial charge in [-0.3, -0.25) is 0 Å². The predicted octanol–water partition coefficient (Wildman–Crippen LogP) is 23.7. The standard InChI is InChI=1S/C92H48Cl12/c93-69-33-9-57(10-34-69)85(58-11-35-70(94)36-12-58)81-5-1-2-6-82(86(59-13-37-71(95)38-14-59)60-15-39-72(96)40-16-60)92(90(67-29-53-79(103)54-30-67)68-31-55-80(104)56-32-68)84(88(63-21-45-75(99)46-22-63)64-23-47-76(100)48-24-64)8-4-3-7-83(87(61-17-41-73(97)42-18-61)62-19-43-74(98)44-20-62)91(81)89(65-25-49-77(101)50-26-65)66-27-51-78(102)52-28-66/h9-56H. The first-order chi connectivity index (χ1) is 50.5. The highest BCUT2D eigenvalue weighted by Gasteiger charge is 2.20. The maximum Gasteiger partial charge on any atom is 0.0431 e. The first-order valence-corrected chi connectivity index (χ1v) is 36.7. The first kappa shape index (κ1) is 73.1. The lowest BCUT2D eigenvalue weighted by molar-refractivity contribution is 1.37. The lowest BCUT2D eigenvalue weighted by atomic mass is 9.88. The van der Waals surface area contributed by atoms with E-state index in [2.05, 4.69) is 48.5 Å². The van der Waals surface area contributed by atoms with E-state index >= 15 is 0 Å². The molecule has 0 N–H and O–H groups in total. The number of halogens is 12. The molecule has 0 heterocycles. The second-order valence-corrected chi connectivity index (χ2v) is 28.8. The average Bonchev–Trinajstić information content (AvgIpc) is 0.756. The van der Waals surface area contributed by atoms with Gasteiger partial charge in [0, 0.05) is 114 Å². The zero-order valence-corrected chi connectivity index (χ0v) is 63.3. The zero-order chi connectivity index (χ0) is 72.4. The van der Waals surface area contributed by atoms with Gasteiger partial charge in [-0.15, -0.1) is 0 Å². The fraction of sp³-hybridized carbons (Fsp3) is 0. The third kappa shape index (κ3) is 17.3.